The Bertz CT molecular complexity index is 1270. The maximum absolute atomic E-state index is 3.34. The second kappa shape index (κ2) is 12.4. The van der Waals surface area contributed by atoms with E-state index in [4.69, 9.17) is 0 Å². The predicted molar refractivity (Wildman–Crippen MR) is 179 cm³/mol. The fraction of sp³-hybridized carbons (Fsp3) is 0.444. The molecule has 2 fully saturated rings. The van der Waals surface area contributed by atoms with Crippen molar-refractivity contribution in [1.82, 2.24) is 0 Å². The number of hydrogen-bond donors (Lipinski definition) is 0. The molecule has 4 aliphatic carbocycles. The van der Waals surface area contributed by atoms with Gasteiger partial charge < -0.3 is 0 Å². The van der Waals surface area contributed by atoms with E-state index in [9.17, 15) is 0 Å². The van der Waals surface area contributed by atoms with E-state index < -0.39 is 17.4 Å². The molecule has 2 saturated carbocycles. The zero-order valence-corrected chi connectivity index (χ0v) is 30.2. The number of allylic oxidation sites excluding steroid dienone is 8. The topological polar surface area (TPSA) is 0 Å². The van der Waals surface area contributed by atoms with E-state index in [1.807, 2.05) is 11.1 Å². The first-order valence-electron chi connectivity index (χ1n) is 15.1. The third-order valence-corrected chi connectivity index (χ3v) is 30.7. The Kier molecular flexibility index (Phi) is 9.89. The number of rotatable bonds is 4. The average Bonchev–Trinajstić information content (AvgIpc) is 3.24. The van der Waals surface area contributed by atoms with Gasteiger partial charge in [0.05, 0.1) is 0 Å². The van der Waals surface area contributed by atoms with Gasteiger partial charge in [0, 0.05) is 0 Å². The van der Waals surface area contributed by atoms with Crippen molar-refractivity contribution in [2.24, 2.45) is 23.7 Å². The molecule has 0 nitrogen and oxygen atoms in total. The minimum Gasteiger partial charge on any atom is -0.147 e. The number of halogens is 2. The van der Waals surface area contributed by atoms with Crippen LogP contribution in [0.3, 0.4) is 0 Å². The molecule has 6 rings (SSSR count). The molecule has 0 aromatic heterocycles. The molecule has 8 unspecified atom stereocenters. The van der Waals surface area contributed by atoms with Gasteiger partial charge in [0.1, 0.15) is 0 Å². The van der Waals surface area contributed by atoms with Gasteiger partial charge in [-0.15, -0.1) is 24.8 Å². The minimum atomic E-state index is -3.34. The zero-order chi connectivity index (χ0) is 26.5. The standard InChI is InChI=1S/2C17H19.2CH3.2ClH.H2Si.Zr/c2*1-13-11-15-9-5-6-10-16(17(15)12-13)14-7-3-2-4-8-14;;;;;;/h2*2-9,11,13,16-17H,10,12H2,1H3;2*1H3;2*1H;1H2;. The van der Waals surface area contributed by atoms with Gasteiger partial charge >= 0.3 is 235 Å². The molecule has 0 saturated heterocycles. The first-order valence-corrected chi connectivity index (χ1v) is 28.8. The molecule has 0 aliphatic heterocycles. The number of fused-ring (bicyclic) bond motifs is 2. The van der Waals surface area contributed by atoms with Crippen LogP contribution < -0.4 is 0 Å². The van der Waals surface area contributed by atoms with E-state index in [1.165, 1.54) is 25.7 Å². The van der Waals surface area contributed by atoms with Crippen LogP contribution >= 0.6 is 24.8 Å². The molecule has 2 aromatic carbocycles. The fourth-order valence-corrected chi connectivity index (χ4v) is 35.4. The van der Waals surface area contributed by atoms with Crippen molar-refractivity contribution in [3.63, 3.8) is 0 Å². The summed E-state index contributed by atoms with van der Waals surface area (Å²) in [5.74, 6) is 4.19. The van der Waals surface area contributed by atoms with Crippen molar-refractivity contribution < 1.29 is 17.4 Å². The molecule has 40 heavy (non-hydrogen) atoms. The third kappa shape index (κ3) is 5.57. The quantitative estimate of drug-likeness (QED) is 0.284. The smallest absolute Gasteiger partial charge is 0.147 e. The summed E-state index contributed by atoms with van der Waals surface area (Å²) in [6.45, 7) is 7.80. The first-order chi connectivity index (χ1) is 18.2. The Morgan fingerprint density at radius 2 is 0.975 bits per heavy atom. The summed E-state index contributed by atoms with van der Waals surface area (Å²) in [5.41, 5.74) is 6.73. The van der Waals surface area contributed by atoms with Crippen LogP contribution in [0.15, 0.2) is 108 Å². The van der Waals surface area contributed by atoms with Gasteiger partial charge in [-0.05, 0) is 0 Å². The van der Waals surface area contributed by atoms with E-state index in [-0.39, 0.29) is 24.8 Å². The van der Waals surface area contributed by atoms with Crippen molar-refractivity contribution in [2.45, 2.75) is 67.9 Å². The molecule has 4 aliphatic rings. The van der Waals surface area contributed by atoms with Crippen LogP contribution in [0.4, 0.5) is 0 Å². The van der Waals surface area contributed by atoms with Gasteiger partial charge in [-0.3, -0.25) is 0 Å². The summed E-state index contributed by atoms with van der Waals surface area (Å²) in [4.78, 5) is 0. The van der Waals surface area contributed by atoms with Gasteiger partial charge in [-0.1, -0.05) is 0 Å². The summed E-state index contributed by atoms with van der Waals surface area (Å²) in [6, 6.07) is 22.8. The number of hydrogen-bond acceptors (Lipinski definition) is 0. The first kappa shape index (κ1) is 32.0. The molecule has 4 heteroatoms. The van der Waals surface area contributed by atoms with E-state index in [0.717, 1.165) is 19.1 Å². The SMILES string of the molecule is CC1CC2C(=CC=CCC2c2ccccc2)[CH]1[Zr]([CH3])([CH3])(=[SiH2])[CH]1C2=CC=CCC(c3ccccc3)C2CC1C.Cl.Cl. The monoisotopic (exact) mass is 668 g/mol. The second-order valence-electron chi connectivity index (χ2n) is 14.2. The normalized spacial score (nSPS) is 33.3. The van der Waals surface area contributed by atoms with Crippen LogP contribution in [-0.2, 0) is 17.4 Å². The second-order valence-corrected chi connectivity index (χ2v) is 44.9. The summed E-state index contributed by atoms with van der Waals surface area (Å²) in [7, 11) is 0. The van der Waals surface area contributed by atoms with Crippen molar-refractivity contribution in [1.29, 1.82) is 0 Å². The van der Waals surface area contributed by atoms with Crippen LogP contribution in [0.5, 0.6) is 0 Å². The van der Waals surface area contributed by atoms with Gasteiger partial charge in [0.2, 0.25) is 0 Å². The van der Waals surface area contributed by atoms with Crippen LogP contribution in [0.25, 0.3) is 0 Å². The van der Waals surface area contributed by atoms with Crippen molar-refractivity contribution in [3.05, 3.63) is 119 Å². The van der Waals surface area contributed by atoms with Crippen LogP contribution in [0.1, 0.15) is 62.5 Å². The number of benzene rings is 2. The minimum absolute atomic E-state index is 0. The third-order valence-electron chi connectivity index (χ3n) is 11.1. The summed E-state index contributed by atoms with van der Waals surface area (Å²) in [5, 5.41) is 0. The average molecular weight is 671 g/mol. The van der Waals surface area contributed by atoms with Crippen molar-refractivity contribution >= 4 is 31.7 Å². The largest absolute Gasteiger partial charge is 0.147 e. The van der Waals surface area contributed by atoms with Gasteiger partial charge in [-0.25, -0.2) is 0 Å². The maximum Gasteiger partial charge on any atom is -0.147 e. The van der Waals surface area contributed by atoms with Gasteiger partial charge in [0.15, 0.2) is 0 Å². The van der Waals surface area contributed by atoms with E-state index in [1.54, 1.807) is 11.1 Å². The van der Waals surface area contributed by atoms with Crippen LogP contribution in [-0.4, -0.2) is 6.88 Å². The Labute approximate surface area is 258 Å². The van der Waals surface area contributed by atoms with Gasteiger partial charge in [-0.2, -0.15) is 0 Å². The summed E-state index contributed by atoms with van der Waals surface area (Å²) < 4.78 is 7.33. The Balaban J connectivity index is 0.00000185. The predicted octanol–water partition coefficient (Wildman–Crippen LogP) is 10.4. The van der Waals surface area contributed by atoms with Gasteiger partial charge in [0.25, 0.3) is 0 Å². The Morgan fingerprint density at radius 1 is 0.600 bits per heavy atom. The molecular weight excluding hydrogens is 623 g/mol. The molecule has 2 aromatic rings. The molecule has 0 heterocycles. The van der Waals surface area contributed by atoms with Crippen molar-refractivity contribution in [3.8, 4) is 0 Å². The molecule has 8 atom stereocenters. The zero-order valence-electron chi connectivity index (χ0n) is 24.7. The van der Waals surface area contributed by atoms with E-state index in [2.05, 4.69) is 127 Å². The van der Waals surface area contributed by atoms with Crippen LogP contribution in [0, 0.1) is 23.7 Å². The Morgan fingerprint density at radius 3 is 1.35 bits per heavy atom. The summed E-state index contributed by atoms with van der Waals surface area (Å²) in [6.07, 6.45) is 20.0. The van der Waals surface area contributed by atoms with Crippen molar-refractivity contribution in [2.75, 3.05) is 0 Å². The molecule has 0 N–H and O–H groups in total. The molecule has 0 radical (unpaired) electrons. The maximum atomic E-state index is 2.87. The molecule has 0 bridgehead atoms. The Hall–Kier alpha value is -0.920. The molecular formula is C36H48Cl2SiZr. The van der Waals surface area contributed by atoms with Crippen LogP contribution in [0.2, 0.25) is 16.5 Å². The molecule has 0 spiro atoms. The molecule has 214 valence electrons. The fourth-order valence-electron chi connectivity index (χ4n) is 10.1. The van der Waals surface area contributed by atoms with E-state index in [0.29, 0.717) is 23.7 Å². The van der Waals surface area contributed by atoms with E-state index >= 15 is 0 Å². The summed E-state index contributed by atoms with van der Waals surface area (Å²) >= 11 is -3.34. The molecule has 0 amide bonds.